The molecule has 5 nitrogen and oxygen atoms in total. The Hall–Kier alpha value is -1.35. The number of hydrogen-bond acceptors (Lipinski definition) is 4. The average molecular weight is 99.1 g/mol. The Morgan fingerprint density at radius 1 is 1.86 bits per heavy atom. The Morgan fingerprint density at radius 3 is 3.00 bits per heavy atom. The summed E-state index contributed by atoms with van der Waals surface area (Å²) in [4.78, 5) is 9.61. The molecule has 0 aliphatic carbocycles. The van der Waals surface area contributed by atoms with Crippen molar-refractivity contribution in [2.45, 2.75) is 0 Å². The molecule has 1 aliphatic heterocycles. The van der Waals surface area contributed by atoms with Gasteiger partial charge < -0.3 is 0 Å². The Balaban J connectivity index is 2.77. The highest BCUT2D eigenvalue weighted by atomic mass is 16.1. The lowest BCUT2D eigenvalue weighted by molar-refractivity contribution is -0.464. The Labute approximate surface area is 39.3 Å². The number of carbonyl (C=O) groups excluding carboxylic acids is 1. The van der Waals surface area contributed by atoms with Crippen LogP contribution in [0.2, 0.25) is 0 Å². The SMILES string of the molecule is O=C=[N+]1C=NNN1. The van der Waals surface area contributed by atoms with Gasteiger partial charge in [0, 0.05) is 0 Å². The van der Waals surface area contributed by atoms with Crippen molar-refractivity contribution in [2.24, 2.45) is 5.10 Å². The molecule has 0 aromatic rings. The molecule has 1 rings (SSSR count). The first-order valence-electron chi connectivity index (χ1n) is 1.64. The second-order valence-corrected chi connectivity index (χ2v) is 0.929. The van der Waals surface area contributed by atoms with Crippen LogP contribution < -0.4 is 11.1 Å². The number of nitrogens with one attached hydrogen (secondary N) is 2. The van der Waals surface area contributed by atoms with Gasteiger partial charge in [0.1, 0.15) is 0 Å². The van der Waals surface area contributed by atoms with Gasteiger partial charge in [-0.15, -0.1) is 5.53 Å². The van der Waals surface area contributed by atoms with Gasteiger partial charge in [0.25, 0.3) is 0 Å². The summed E-state index contributed by atoms with van der Waals surface area (Å²) in [7, 11) is 0. The third-order valence-corrected chi connectivity index (χ3v) is 0.507. The summed E-state index contributed by atoms with van der Waals surface area (Å²) < 4.78 is 1.03. The Kier molecular flexibility index (Phi) is 0.766. The lowest BCUT2D eigenvalue weighted by atomic mass is 11.2. The van der Waals surface area contributed by atoms with Crippen molar-refractivity contribution in [3.8, 4) is 0 Å². The maximum absolute atomic E-state index is 9.61. The summed E-state index contributed by atoms with van der Waals surface area (Å²) in [5, 5.41) is 3.41. The molecule has 36 valence electrons. The molecule has 0 saturated heterocycles. The molecule has 5 heteroatoms. The van der Waals surface area contributed by atoms with Crippen molar-refractivity contribution in [3.63, 3.8) is 0 Å². The van der Waals surface area contributed by atoms with Gasteiger partial charge >= 0.3 is 12.4 Å². The maximum atomic E-state index is 9.61. The van der Waals surface area contributed by atoms with E-state index in [1.165, 1.54) is 12.4 Å². The van der Waals surface area contributed by atoms with Crippen LogP contribution in [0.15, 0.2) is 5.10 Å². The van der Waals surface area contributed by atoms with Gasteiger partial charge in [-0.2, -0.15) is 4.79 Å². The number of hydrogen-bond donors (Lipinski definition) is 2. The van der Waals surface area contributed by atoms with Crippen LogP contribution in [0.4, 0.5) is 0 Å². The number of nitrogens with zero attached hydrogens (tertiary/aromatic N) is 2. The van der Waals surface area contributed by atoms with E-state index < -0.39 is 0 Å². The van der Waals surface area contributed by atoms with Crippen LogP contribution in [0.3, 0.4) is 0 Å². The van der Waals surface area contributed by atoms with Crippen LogP contribution in [0, 0.1) is 0 Å². The molecule has 1 heterocycles. The molecule has 0 aromatic carbocycles. The van der Waals surface area contributed by atoms with E-state index in [0.29, 0.717) is 0 Å². The third kappa shape index (κ3) is 0.558. The quantitative estimate of drug-likeness (QED) is 0.281. The molecule has 0 atom stereocenters. The van der Waals surface area contributed by atoms with E-state index in [0.717, 1.165) is 4.68 Å². The largest absolute Gasteiger partial charge is 0.353 e. The first-order chi connectivity index (χ1) is 3.43. The van der Waals surface area contributed by atoms with Crippen LogP contribution in [0.25, 0.3) is 0 Å². The van der Waals surface area contributed by atoms with E-state index in [1.807, 2.05) is 0 Å². The van der Waals surface area contributed by atoms with Crippen LogP contribution >= 0.6 is 0 Å². The molecule has 7 heavy (non-hydrogen) atoms. The highest BCUT2D eigenvalue weighted by molar-refractivity contribution is 5.49. The summed E-state index contributed by atoms with van der Waals surface area (Å²) >= 11 is 0. The normalized spacial score (nSPS) is 15.1. The van der Waals surface area contributed by atoms with Crippen molar-refractivity contribution >= 4 is 12.4 Å². The fourth-order valence-corrected chi connectivity index (χ4v) is 0.245. The second kappa shape index (κ2) is 1.40. The highest BCUT2D eigenvalue weighted by Gasteiger charge is 2.02. The van der Waals surface area contributed by atoms with Gasteiger partial charge in [-0.1, -0.05) is 5.53 Å². The molecule has 0 aromatic heterocycles. The van der Waals surface area contributed by atoms with Crippen molar-refractivity contribution in [3.05, 3.63) is 0 Å². The lowest BCUT2D eigenvalue weighted by Crippen LogP contribution is -2.28. The molecule has 0 bridgehead atoms. The first kappa shape index (κ1) is 3.83. The van der Waals surface area contributed by atoms with E-state index in [9.17, 15) is 4.79 Å². The zero-order valence-corrected chi connectivity index (χ0v) is 3.38. The molecule has 0 amide bonds. The Morgan fingerprint density at radius 2 is 2.71 bits per heavy atom. The molecule has 2 N–H and O–H groups in total. The van der Waals surface area contributed by atoms with Crippen molar-refractivity contribution in [2.75, 3.05) is 0 Å². The monoisotopic (exact) mass is 99.0 g/mol. The molecule has 0 radical (unpaired) electrons. The van der Waals surface area contributed by atoms with Gasteiger partial charge in [0.2, 0.25) is 0 Å². The van der Waals surface area contributed by atoms with Gasteiger partial charge in [0.05, 0.1) is 5.10 Å². The van der Waals surface area contributed by atoms with Crippen LogP contribution in [-0.2, 0) is 4.79 Å². The first-order valence-corrected chi connectivity index (χ1v) is 1.64. The Bertz CT molecular complexity index is 144. The zero-order chi connectivity index (χ0) is 5.11. The minimum Gasteiger partial charge on any atom is -0.183 e. The summed E-state index contributed by atoms with van der Waals surface area (Å²) in [6, 6.07) is 0. The van der Waals surface area contributed by atoms with Crippen LogP contribution in [0.1, 0.15) is 0 Å². The van der Waals surface area contributed by atoms with Crippen LogP contribution in [-0.4, -0.2) is 17.1 Å². The molecule has 0 saturated carbocycles. The third-order valence-electron chi connectivity index (χ3n) is 0.507. The number of isocyanates is 1. The minimum atomic E-state index is 1.03. The fourth-order valence-electron chi connectivity index (χ4n) is 0.245. The highest BCUT2D eigenvalue weighted by Crippen LogP contribution is 1.61. The van der Waals surface area contributed by atoms with E-state index >= 15 is 0 Å². The lowest BCUT2D eigenvalue weighted by Gasteiger charge is -1.78. The molecule has 0 fully saturated rings. The summed E-state index contributed by atoms with van der Waals surface area (Å²) in [6.07, 6.45) is 2.80. The van der Waals surface area contributed by atoms with Gasteiger partial charge in [-0.05, 0) is 4.68 Å². The van der Waals surface area contributed by atoms with Crippen molar-refractivity contribution in [1.29, 1.82) is 0 Å². The molecule has 0 unspecified atom stereocenters. The number of rotatable bonds is 0. The summed E-state index contributed by atoms with van der Waals surface area (Å²) in [5.74, 6) is 0. The van der Waals surface area contributed by atoms with Crippen LogP contribution in [0.5, 0.6) is 0 Å². The van der Waals surface area contributed by atoms with Crippen molar-refractivity contribution in [1.82, 2.24) is 11.1 Å². The second-order valence-electron chi connectivity index (χ2n) is 0.929. The van der Waals surface area contributed by atoms with E-state index in [-0.39, 0.29) is 0 Å². The molecular formula is C2H3N4O+. The maximum Gasteiger partial charge on any atom is 0.353 e. The van der Waals surface area contributed by atoms with Crippen molar-refractivity contribution < 1.29 is 9.48 Å². The molecule has 0 spiro atoms. The predicted molar refractivity (Wildman–Crippen MR) is 20.7 cm³/mol. The topological polar surface area (TPSA) is 56.5 Å². The van der Waals surface area contributed by atoms with E-state index in [2.05, 4.69) is 16.2 Å². The summed E-state index contributed by atoms with van der Waals surface area (Å²) in [5.41, 5.74) is 4.65. The zero-order valence-electron chi connectivity index (χ0n) is 3.38. The number of hydrazone groups is 2. The predicted octanol–water partition coefficient (Wildman–Crippen LogP) is -1.70. The van der Waals surface area contributed by atoms with E-state index in [1.54, 1.807) is 0 Å². The van der Waals surface area contributed by atoms with Gasteiger partial charge in [-0.25, -0.2) is 0 Å². The fraction of sp³-hybridized carbons (Fsp3) is 0. The minimum absolute atomic E-state index is 1.03. The standard InChI is InChI=1S/C2H3N4O/c7-2-6-1-3-4-5-6/h1,4-5H/q+1. The number of hydrazine groups is 2. The molecular weight excluding hydrogens is 96.0 g/mol. The smallest absolute Gasteiger partial charge is 0.183 e. The molecule has 1 aliphatic rings. The van der Waals surface area contributed by atoms with E-state index in [4.69, 9.17) is 0 Å². The van der Waals surface area contributed by atoms with Gasteiger partial charge in [-0.3, -0.25) is 0 Å². The average Bonchev–Trinajstić information content (AvgIpc) is 2.14. The van der Waals surface area contributed by atoms with Gasteiger partial charge in [0.15, 0.2) is 0 Å². The summed E-state index contributed by atoms with van der Waals surface area (Å²) in [6.45, 7) is 0.